The van der Waals surface area contributed by atoms with Crippen LogP contribution < -0.4 is 0 Å². The molecule has 0 N–H and O–H groups in total. The summed E-state index contributed by atoms with van der Waals surface area (Å²) in [5.41, 5.74) is 4.15. The van der Waals surface area contributed by atoms with Gasteiger partial charge in [-0.2, -0.15) is 0 Å². The summed E-state index contributed by atoms with van der Waals surface area (Å²) in [4.78, 5) is 10.0. The molecule has 0 aliphatic rings. The van der Waals surface area contributed by atoms with Crippen molar-refractivity contribution in [3.8, 4) is 0 Å². The Hall–Kier alpha value is -0.810. The van der Waals surface area contributed by atoms with E-state index in [1.807, 2.05) is 0 Å². The van der Waals surface area contributed by atoms with Crippen LogP contribution in [0.3, 0.4) is 0 Å². The minimum absolute atomic E-state index is 0.728. The fourth-order valence-electron chi connectivity index (χ4n) is 1.24. The summed E-state index contributed by atoms with van der Waals surface area (Å²) in [6.45, 7) is 5.67. The summed E-state index contributed by atoms with van der Waals surface area (Å²) in [6, 6.07) is 0. The van der Waals surface area contributed by atoms with Crippen LogP contribution >= 0.6 is 0 Å². The molecule has 0 spiro atoms. The van der Waals surface area contributed by atoms with Crippen LogP contribution in [-0.4, -0.2) is 6.29 Å². The van der Waals surface area contributed by atoms with Crippen LogP contribution in [0.15, 0.2) is 17.9 Å². The second-order valence-electron chi connectivity index (χ2n) is 3.43. The average Bonchev–Trinajstić information content (AvgIpc) is 2.16. The third kappa shape index (κ3) is 9.10. The fourth-order valence-corrected chi connectivity index (χ4v) is 1.24. The van der Waals surface area contributed by atoms with E-state index < -0.39 is 0 Å². The molecule has 0 rings (SSSR count). The quantitative estimate of drug-likeness (QED) is 0.316. The van der Waals surface area contributed by atoms with Gasteiger partial charge in [0.15, 0.2) is 0 Å². The van der Waals surface area contributed by atoms with E-state index in [0.717, 1.165) is 25.5 Å². The zero-order valence-electron chi connectivity index (χ0n) is 8.64. The Kier molecular flexibility index (Phi) is 8.70. The third-order valence-corrected chi connectivity index (χ3v) is 2.18. The lowest BCUT2D eigenvalue weighted by atomic mass is 10.1. The molecule has 0 aromatic rings. The normalized spacial score (nSPS) is 9.31. The van der Waals surface area contributed by atoms with Crippen LogP contribution in [0.5, 0.6) is 0 Å². The van der Waals surface area contributed by atoms with Gasteiger partial charge in [-0.15, -0.1) is 5.73 Å². The molecule has 0 atom stereocenters. The Balaban J connectivity index is 3.08. The number of allylic oxidation sites excluding steroid dienone is 1. The Morgan fingerprint density at radius 1 is 1.23 bits per heavy atom. The van der Waals surface area contributed by atoms with Gasteiger partial charge in [0.2, 0.25) is 0 Å². The number of hydrogen-bond donors (Lipinski definition) is 0. The van der Waals surface area contributed by atoms with Gasteiger partial charge in [-0.1, -0.05) is 25.8 Å². The van der Waals surface area contributed by atoms with E-state index in [1.165, 1.54) is 31.3 Å². The van der Waals surface area contributed by atoms with Crippen LogP contribution in [0.1, 0.15) is 51.9 Å². The maximum atomic E-state index is 10.0. The van der Waals surface area contributed by atoms with E-state index in [-0.39, 0.29) is 0 Å². The first-order valence-corrected chi connectivity index (χ1v) is 5.10. The molecule has 0 radical (unpaired) electrons. The van der Waals surface area contributed by atoms with Gasteiger partial charge in [0.25, 0.3) is 0 Å². The third-order valence-electron chi connectivity index (χ3n) is 2.18. The fraction of sp³-hybridized carbons (Fsp3) is 0.667. The number of aldehydes is 1. The topological polar surface area (TPSA) is 17.1 Å². The Morgan fingerprint density at radius 3 is 2.46 bits per heavy atom. The summed E-state index contributed by atoms with van der Waals surface area (Å²) in [7, 11) is 0. The Labute approximate surface area is 81.5 Å². The van der Waals surface area contributed by atoms with Gasteiger partial charge in [-0.25, -0.2) is 0 Å². The molecule has 0 aromatic carbocycles. The first-order chi connectivity index (χ1) is 6.31. The molecule has 0 saturated carbocycles. The van der Waals surface area contributed by atoms with Crippen LogP contribution in [0.4, 0.5) is 0 Å². The van der Waals surface area contributed by atoms with Crippen molar-refractivity contribution in [3.63, 3.8) is 0 Å². The molecule has 13 heavy (non-hydrogen) atoms. The number of rotatable bonds is 8. The van der Waals surface area contributed by atoms with Crippen molar-refractivity contribution >= 4 is 6.29 Å². The van der Waals surface area contributed by atoms with E-state index in [2.05, 4.69) is 19.2 Å². The molecule has 0 amide bonds. The highest BCUT2D eigenvalue weighted by Crippen LogP contribution is 2.09. The molecule has 0 heterocycles. The van der Waals surface area contributed by atoms with Gasteiger partial charge in [0.05, 0.1) is 0 Å². The largest absolute Gasteiger partial charge is 0.303 e. The van der Waals surface area contributed by atoms with Crippen molar-refractivity contribution in [3.05, 3.63) is 17.9 Å². The highest BCUT2D eigenvalue weighted by molar-refractivity contribution is 5.48. The van der Waals surface area contributed by atoms with E-state index in [0.29, 0.717) is 0 Å². The van der Waals surface area contributed by atoms with E-state index in [9.17, 15) is 4.79 Å². The van der Waals surface area contributed by atoms with E-state index in [4.69, 9.17) is 0 Å². The van der Waals surface area contributed by atoms with E-state index >= 15 is 0 Å². The minimum Gasteiger partial charge on any atom is -0.303 e. The number of hydrogen-bond acceptors (Lipinski definition) is 1. The minimum atomic E-state index is 0.728. The predicted molar refractivity (Wildman–Crippen MR) is 56.7 cm³/mol. The molecule has 1 nitrogen and oxygen atoms in total. The molecule has 1 heteroatoms. The zero-order valence-corrected chi connectivity index (χ0v) is 8.64. The lowest BCUT2D eigenvalue weighted by molar-refractivity contribution is -0.107. The average molecular weight is 180 g/mol. The van der Waals surface area contributed by atoms with Gasteiger partial charge in [0, 0.05) is 6.42 Å². The second kappa shape index (κ2) is 9.28. The van der Waals surface area contributed by atoms with Gasteiger partial charge < -0.3 is 4.79 Å². The summed E-state index contributed by atoms with van der Waals surface area (Å²) in [5.74, 6) is 0. The molecule has 0 aromatic heterocycles. The first-order valence-electron chi connectivity index (χ1n) is 5.10. The maximum Gasteiger partial charge on any atom is 0.119 e. The van der Waals surface area contributed by atoms with Crippen LogP contribution in [-0.2, 0) is 4.79 Å². The summed E-state index contributed by atoms with van der Waals surface area (Å²) in [5, 5.41) is 0. The Morgan fingerprint density at radius 2 is 1.85 bits per heavy atom. The molecule has 0 bridgehead atoms. The van der Waals surface area contributed by atoms with Gasteiger partial charge in [0.1, 0.15) is 6.29 Å². The van der Waals surface area contributed by atoms with Gasteiger partial charge >= 0.3 is 0 Å². The standard InChI is InChI=1S/C12H20O/c1-3-12(2)10-8-6-4-5-7-9-11-13/h11H,1,4-10H2,2H3. The lowest BCUT2D eigenvalue weighted by Gasteiger charge is -1.99. The SMILES string of the molecule is C=C=C(C)CCCCCCCC=O. The first kappa shape index (κ1) is 12.2. The molecule has 0 fully saturated rings. The molecular weight excluding hydrogens is 160 g/mol. The van der Waals surface area contributed by atoms with Crippen molar-refractivity contribution in [2.75, 3.05) is 0 Å². The van der Waals surface area contributed by atoms with Crippen LogP contribution in [0.2, 0.25) is 0 Å². The van der Waals surface area contributed by atoms with Crippen LogP contribution in [0, 0.1) is 0 Å². The number of carbonyl (C=O) groups is 1. The maximum absolute atomic E-state index is 10.0. The van der Waals surface area contributed by atoms with Gasteiger partial charge in [-0.3, -0.25) is 0 Å². The molecular formula is C12H20O. The van der Waals surface area contributed by atoms with Crippen molar-refractivity contribution in [2.24, 2.45) is 0 Å². The van der Waals surface area contributed by atoms with Crippen molar-refractivity contribution in [1.82, 2.24) is 0 Å². The Bertz CT molecular complexity index is 176. The highest BCUT2D eigenvalue weighted by atomic mass is 16.1. The van der Waals surface area contributed by atoms with Crippen molar-refractivity contribution in [1.29, 1.82) is 0 Å². The monoisotopic (exact) mass is 180 g/mol. The molecule has 0 aliphatic carbocycles. The molecule has 0 saturated heterocycles. The summed E-state index contributed by atoms with van der Waals surface area (Å²) < 4.78 is 0. The van der Waals surface area contributed by atoms with E-state index in [1.54, 1.807) is 0 Å². The summed E-state index contributed by atoms with van der Waals surface area (Å²) in [6.07, 6.45) is 8.84. The highest BCUT2D eigenvalue weighted by Gasteiger charge is 1.91. The predicted octanol–water partition coefficient (Wildman–Crippen LogP) is 3.65. The number of unbranched alkanes of at least 4 members (excludes halogenated alkanes) is 5. The van der Waals surface area contributed by atoms with Crippen molar-refractivity contribution in [2.45, 2.75) is 51.9 Å². The molecule has 74 valence electrons. The summed E-state index contributed by atoms with van der Waals surface area (Å²) >= 11 is 0. The molecule has 0 unspecified atom stereocenters. The molecule has 0 aliphatic heterocycles. The lowest BCUT2D eigenvalue weighted by Crippen LogP contribution is -1.81. The number of carbonyl (C=O) groups excluding carboxylic acids is 1. The van der Waals surface area contributed by atoms with Crippen LogP contribution in [0.25, 0.3) is 0 Å². The second-order valence-corrected chi connectivity index (χ2v) is 3.43. The van der Waals surface area contributed by atoms with Gasteiger partial charge in [-0.05, 0) is 31.8 Å². The smallest absolute Gasteiger partial charge is 0.119 e. The van der Waals surface area contributed by atoms with Crippen molar-refractivity contribution < 1.29 is 4.79 Å². The zero-order chi connectivity index (χ0) is 9.94.